The Bertz CT molecular complexity index is 1950. The number of carbonyl (C=O) groups is 1. The largest absolute Gasteiger partial charge is 0.484 e. The molecular formula is C37H44N8O3S. The van der Waals surface area contributed by atoms with E-state index in [0.29, 0.717) is 11.6 Å². The van der Waals surface area contributed by atoms with E-state index < -0.39 is 0 Å². The number of pyridine rings is 1. The molecule has 0 radical (unpaired) electrons. The molecule has 4 heterocycles. The number of aromatic nitrogens is 5. The van der Waals surface area contributed by atoms with E-state index >= 15 is 0 Å². The number of aliphatic hydroxyl groups is 1. The number of carbonyl (C=O) groups excluding carboxylic acids is 1. The Kier molecular flexibility index (Phi) is 9.36. The summed E-state index contributed by atoms with van der Waals surface area (Å²) in [6, 6.07) is 21.8. The van der Waals surface area contributed by atoms with Gasteiger partial charge in [-0.05, 0) is 80.7 Å². The van der Waals surface area contributed by atoms with Crippen LogP contribution in [0.5, 0.6) is 5.75 Å². The van der Waals surface area contributed by atoms with Crippen molar-refractivity contribution in [1.82, 2.24) is 34.6 Å². The number of urea groups is 1. The fourth-order valence-electron chi connectivity index (χ4n) is 6.82. The van der Waals surface area contributed by atoms with E-state index in [1.54, 1.807) is 16.4 Å². The Balaban J connectivity index is 1.09. The van der Waals surface area contributed by atoms with Crippen LogP contribution >= 0.6 is 11.8 Å². The summed E-state index contributed by atoms with van der Waals surface area (Å²) < 4.78 is 10.5. The van der Waals surface area contributed by atoms with Gasteiger partial charge in [-0.25, -0.2) is 9.48 Å². The monoisotopic (exact) mass is 680 g/mol. The Labute approximate surface area is 291 Å². The van der Waals surface area contributed by atoms with Crippen LogP contribution in [0.4, 0.5) is 10.6 Å². The third kappa shape index (κ3) is 7.03. The maximum absolute atomic E-state index is 13.6. The summed E-state index contributed by atoms with van der Waals surface area (Å²) in [4.78, 5) is 17.0. The quantitative estimate of drug-likeness (QED) is 0.145. The van der Waals surface area contributed by atoms with E-state index in [2.05, 4.69) is 70.1 Å². The third-order valence-corrected chi connectivity index (χ3v) is 10.4. The minimum atomic E-state index is -0.297. The van der Waals surface area contributed by atoms with Gasteiger partial charge in [-0.3, -0.25) is 14.6 Å². The number of hydrogen-bond acceptors (Lipinski definition) is 8. The lowest BCUT2D eigenvalue weighted by atomic mass is 9.85. The first-order chi connectivity index (χ1) is 23.7. The van der Waals surface area contributed by atoms with Gasteiger partial charge in [0.05, 0.1) is 36.3 Å². The van der Waals surface area contributed by atoms with Gasteiger partial charge in [0.25, 0.3) is 0 Å². The molecule has 1 unspecified atom stereocenters. The summed E-state index contributed by atoms with van der Waals surface area (Å²) in [5.74, 6) is 2.91. The second-order valence-electron chi connectivity index (χ2n) is 13.9. The van der Waals surface area contributed by atoms with Crippen molar-refractivity contribution in [3.63, 3.8) is 0 Å². The van der Waals surface area contributed by atoms with Crippen molar-refractivity contribution in [1.29, 1.82) is 0 Å². The molecule has 2 aliphatic rings. The summed E-state index contributed by atoms with van der Waals surface area (Å²) in [6.45, 7) is 7.47. The van der Waals surface area contributed by atoms with Gasteiger partial charge in [-0.1, -0.05) is 51.1 Å². The smallest absolute Gasteiger partial charge is 0.320 e. The molecule has 3 atom stereocenters. The Morgan fingerprint density at radius 3 is 2.63 bits per heavy atom. The molecular weight excluding hydrogens is 637 g/mol. The van der Waals surface area contributed by atoms with Crippen molar-refractivity contribution in [3.05, 3.63) is 95.6 Å². The number of nitrogens with zero attached hydrogens (tertiary/aromatic N) is 6. The first-order valence-corrected chi connectivity index (χ1v) is 18.0. The van der Waals surface area contributed by atoms with Crippen molar-refractivity contribution in [3.8, 4) is 11.4 Å². The van der Waals surface area contributed by atoms with Gasteiger partial charge in [-0.2, -0.15) is 5.10 Å². The zero-order valence-corrected chi connectivity index (χ0v) is 29.3. The molecule has 7 rings (SSSR count). The van der Waals surface area contributed by atoms with Gasteiger partial charge in [-0.15, -0.1) is 22.0 Å². The standard InChI is InChI=1S/C37H44N8O3S/c1-37(2,3)32-22-34(45(42-32)24-9-7-10-26(21-24)49-20-19-46)39-36(47)38-29-15-16-31(28-12-6-5-11-27(28)29)48-25-14-17-33-40-41-35(44(33)23-25)30-13-8-18-43(30)4/h5-7,9-12,14,17,21-23,29-31,46H,8,13,15-16,18-20H2,1-4H3,(H2,38,39,47)/t29-,30?,31+/m0/s1. The zero-order valence-electron chi connectivity index (χ0n) is 28.5. The molecule has 11 nitrogen and oxygen atoms in total. The average molecular weight is 681 g/mol. The van der Waals surface area contributed by atoms with E-state index in [1.807, 2.05) is 60.8 Å². The van der Waals surface area contributed by atoms with Crippen molar-refractivity contribution < 1.29 is 14.6 Å². The van der Waals surface area contributed by atoms with E-state index in [-0.39, 0.29) is 36.2 Å². The fraction of sp³-hybridized carbons (Fsp3) is 0.405. The predicted molar refractivity (Wildman–Crippen MR) is 192 cm³/mol. The second-order valence-corrected chi connectivity index (χ2v) is 15.1. The molecule has 5 aromatic rings. The number of likely N-dealkylation sites (tertiary alicyclic amines) is 1. The van der Waals surface area contributed by atoms with Gasteiger partial charge >= 0.3 is 6.03 Å². The molecule has 2 amide bonds. The van der Waals surface area contributed by atoms with Gasteiger partial charge < -0.3 is 15.2 Å². The molecule has 1 saturated heterocycles. The minimum absolute atomic E-state index is 0.104. The molecule has 1 aliphatic carbocycles. The molecule has 3 N–H and O–H groups in total. The van der Waals surface area contributed by atoms with Gasteiger partial charge in [0, 0.05) is 22.1 Å². The maximum Gasteiger partial charge on any atom is 0.320 e. The summed E-state index contributed by atoms with van der Waals surface area (Å²) in [7, 11) is 2.14. The number of benzene rings is 2. The number of amides is 2. The van der Waals surface area contributed by atoms with E-state index in [0.717, 1.165) is 76.9 Å². The average Bonchev–Trinajstić information content (AvgIpc) is 3.83. The van der Waals surface area contributed by atoms with Crippen molar-refractivity contribution in [2.24, 2.45) is 0 Å². The van der Waals surface area contributed by atoms with Crippen LogP contribution in [-0.4, -0.2) is 66.4 Å². The van der Waals surface area contributed by atoms with Crippen LogP contribution in [0.1, 0.15) is 87.3 Å². The van der Waals surface area contributed by atoms with Crippen molar-refractivity contribution >= 4 is 29.3 Å². The van der Waals surface area contributed by atoms with E-state index in [1.165, 1.54) is 0 Å². The first-order valence-electron chi connectivity index (χ1n) is 17.0. The molecule has 0 spiro atoms. The first kappa shape index (κ1) is 33.1. The van der Waals surface area contributed by atoms with Crippen molar-refractivity contribution in [2.75, 3.05) is 31.3 Å². The number of hydrogen-bond donors (Lipinski definition) is 3. The van der Waals surface area contributed by atoms with Crippen LogP contribution in [0.15, 0.2) is 77.8 Å². The molecule has 1 aliphatic heterocycles. The molecule has 256 valence electrons. The number of nitrogens with one attached hydrogen (secondary N) is 2. The van der Waals surface area contributed by atoms with Crippen LogP contribution in [0.3, 0.4) is 0 Å². The van der Waals surface area contributed by atoms with Crippen LogP contribution in [0.25, 0.3) is 11.3 Å². The lowest BCUT2D eigenvalue weighted by molar-refractivity contribution is 0.171. The molecule has 1 fully saturated rings. The minimum Gasteiger partial charge on any atom is -0.484 e. The number of ether oxygens (including phenoxy) is 1. The van der Waals surface area contributed by atoms with E-state index in [9.17, 15) is 9.90 Å². The number of aliphatic hydroxyl groups excluding tert-OH is 1. The molecule has 0 bridgehead atoms. The number of thioether (sulfide) groups is 1. The molecule has 49 heavy (non-hydrogen) atoms. The second kappa shape index (κ2) is 13.9. The third-order valence-electron chi connectivity index (χ3n) is 9.38. The van der Waals surface area contributed by atoms with Crippen molar-refractivity contribution in [2.45, 2.75) is 75.0 Å². The predicted octanol–water partition coefficient (Wildman–Crippen LogP) is 6.84. The fourth-order valence-corrected chi connectivity index (χ4v) is 7.53. The molecule has 2 aromatic carbocycles. The SMILES string of the molecule is CN1CCCC1c1nnc2ccc(O[C@@H]3CC[C@H](NC(=O)Nc4cc(C(C)(C)C)nn4-c4cccc(SCCO)c4)c4ccccc43)cn12. The zero-order chi connectivity index (χ0) is 34.1. The summed E-state index contributed by atoms with van der Waals surface area (Å²) >= 11 is 1.58. The molecule has 12 heteroatoms. The van der Waals surface area contributed by atoms with Gasteiger partial charge in [0.1, 0.15) is 17.7 Å². The Morgan fingerprint density at radius 2 is 1.86 bits per heavy atom. The maximum atomic E-state index is 13.6. The van der Waals surface area contributed by atoms with Gasteiger partial charge in [0.2, 0.25) is 0 Å². The topological polar surface area (TPSA) is 122 Å². The highest BCUT2D eigenvalue weighted by Crippen LogP contribution is 2.39. The van der Waals surface area contributed by atoms with Crippen LogP contribution in [0.2, 0.25) is 0 Å². The molecule has 0 saturated carbocycles. The number of anilines is 1. The van der Waals surface area contributed by atoms with Crippen LogP contribution in [-0.2, 0) is 5.41 Å². The van der Waals surface area contributed by atoms with Crippen LogP contribution < -0.4 is 15.4 Å². The molecule has 3 aromatic heterocycles. The normalized spacial score (nSPS) is 19.6. The van der Waals surface area contributed by atoms with E-state index in [4.69, 9.17) is 9.84 Å². The highest BCUT2D eigenvalue weighted by molar-refractivity contribution is 7.99. The Hall–Kier alpha value is -4.39. The number of fused-ring (bicyclic) bond motifs is 2. The number of rotatable bonds is 9. The summed E-state index contributed by atoms with van der Waals surface area (Å²) in [5.41, 5.74) is 4.41. The lowest BCUT2D eigenvalue weighted by Crippen LogP contribution is -2.36. The summed E-state index contributed by atoms with van der Waals surface area (Å²) in [5, 5.41) is 29.5. The highest BCUT2D eigenvalue weighted by atomic mass is 32.2. The van der Waals surface area contributed by atoms with Gasteiger partial charge in [0.15, 0.2) is 11.5 Å². The Morgan fingerprint density at radius 1 is 1.02 bits per heavy atom. The lowest BCUT2D eigenvalue weighted by Gasteiger charge is -2.32. The highest BCUT2D eigenvalue weighted by Gasteiger charge is 2.31. The summed E-state index contributed by atoms with van der Waals surface area (Å²) in [6.07, 6.45) is 5.53. The van der Waals surface area contributed by atoms with Crippen LogP contribution in [0, 0.1) is 0 Å².